The molecule has 2 aliphatic heterocycles. The summed E-state index contributed by atoms with van der Waals surface area (Å²) in [7, 11) is -3.23. The van der Waals surface area contributed by atoms with Crippen LogP contribution in [0, 0.1) is 5.41 Å². The second-order valence-corrected chi connectivity index (χ2v) is 10.6. The highest BCUT2D eigenvalue weighted by Gasteiger charge is 2.51. The number of hydrogen-bond donors (Lipinski definition) is 0. The van der Waals surface area contributed by atoms with Crippen LogP contribution in [-0.4, -0.2) is 55.8 Å². The van der Waals surface area contributed by atoms with Gasteiger partial charge in [0.15, 0.2) is 6.10 Å². The molecule has 10 heteroatoms. The average molecular weight is 446 g/mol. The summed E-state index contributed by atoms with van der Waals surface area (Å²) in [5.74, 6) is 0.0480. The van der Waals surface area contributed by atoms with Crippen LogP contribution in [0.4, 0.5) is 18.9 Å². The van der Waals surface area contributed by atoms with Crippen LogP contribution in [0.15, 0.2) is 24.3 Å². The topological polar surface area (TPSA) is 66.9 Å². The summed E-state index contributed by atoms with van der Waals surface area (Å²) in [5, 5.41) is -0.247. The molecule has 1 aromatic rings. The van der Waals surface area contributed by atoms with Crippen LogP contribution in [0.1, 0.15) is 39.0 Å². The monoisotopic (exact) mass is 446 g/mol. The number of carbonyl (C=O) groups excluding carboxylic acids is 1. The Kier molecular flexibility index (Phi) is 5.29. The molecule has 1 spiro atoms. The summed E-state index contributed by atoms with van der Waals surface area (Å²) in [6.07, 6.45) is -3.28. The number of alkyl halides is 3. The van der Waals surface area contributed by atoms with Gasteiger partial charge in [-0.05, 0) is 63.3 Å². The molecule has 1 atom stereocenters. The zero-order chi connectivity index (χ0) is 21.7. The van der Waals surface area contributed by atoms with Crippen LogP contribution < -0.4 is 9.64 Å². The van der Waals surface area contributed by atoms with Crippen molar-refractivity contribution in [2.45, 2.75) is 56.6 Å². The normalized spacial score (nSPS) is 23.7. The average Bonchev–Trinajstić information content (AvgIpc) is 3.50. The Morgan fingerprint density at radius 2 is 1.63 bits per heavy atom. The van der Waals surface area contributed by atoms with Gasteiger partial charge in [0.25, 0.3) is 0 Å². The fourth-order valence-electron chi connectivity index (χ4n) is 4.25. The molecular formula is C20H25F3N2O4S. The number of rotatable bonds is 5. The van der Waals surface area contributed by atoms with Gasteiger partial charge in [-0.1, -0.05) is 0 Å². The molecule has 0 bridgehead atoms. The fraction of sp³-hybridized carbons (Fsp3) is 0.650. The Morgan fingerprint density at radius 3 is 2.17 bits per heavy atom. The summed E-state index contributed by atoms with van der Waals surface area (Å²) in [5.41, 5.74) is 0.0483. The third kappa shape index (κ3) is 3.91. The van der Waals surface area contributed by atoms with Crippen LogP contribution in [0.3, 0.4) is 0 Å². The number of anilines is 1. The van der Waals surface area contributed by atoms with Crippen molar-refractivity contribution >= 4 is 21.6 Å². The lowest BCUT2D eigenvalue weighted by Crippen LogP contribution is -2.47. The van der Waals surface area contributed by atoms with Crippen molar-refractivity contribution in [3.63, 3.8) is 0 Å². The smallest absolute Gasteiger partial charge is 0.425 e. The number of sulfonamides is 1. The van der Waals surface area contributed by atoms with Crippen molar-refractivity contribution < 1.29 is 31.1 Å². The second-order valence-electron chi connectivity index (χ2n) is 8.43. The maximum atomic E-state index is 13.2. The van der Waals surface area contributed by atoms with Crippen LogP contribution >= 0.6 is 0 Å². The highest BCUT2D eigenvalue weighted by atomic mass is 32.2. The zero-order valence-electron chi connectivity index (χ0n) is 16.7. The van der Waals surface area contributed by atoms with E-state index in [-0.39, 0.29) is 16.9 Å². The van der Waals surface area contributed by atoms with Crippen molar-refractivity contribution in [1.82, 2.24) is 4.31 Å². The Balaban J connectivity index is 1.40. The number of amides is 1. The Bertz CT molecular complexity index is 905. The van der Waals surface area contributed by atoms with Crippen molar-refractivity contribution in [1.29, 1.82) is 0 Å². The minimum atomic E-state index is -4.45. The molecule has 3 aliphatic rings. The molecule has 3 fully saturated rings. The molecule has 1 amide bonds. The molecule has 2 saturated heterocycles. The molecule has 0 radical (unpaired) electrons. The molecule has 1 saturated carbocycles. The predicted molar refractivity (Wildman–Crippen MR) is 105 cm³/mol. The van der Waals surface area contributed by atoms with Gasteiger partial charge in [-0.2, -0.15) is 13.2 Å². The van der Waals surface area contributed by atoms with Gasteiger partial charge in [-0.25, -0.2) is 12.7 Å². The van der Waals surface area contributed by atoms with Crippen LogP contribution in [0.2, 0.25) is 0 Å². The first-order valence-electron chi connectivity index (χ1n) is 10.2. The van der Waals surface area contributed by atoms with E-state index < -0.39 is 27.7 Å². The third-order valence-corrected chi connectivity index (χ3v) is 8.82. The summed E-state index contributed by atoms with van der Waals surface area (Å²) >= 11 is 0. The Morgan fingerprint density at radius 1 is 1.07 bits per heavy atom. The van der Waals surface area contributed by atoms with Gasteiger partial charge in [0.2, 0.25) is 15.9 Å². The van der Waals surface area contributed by atoms with Gasteiger partial charge in [-0.15, -0.1) is 0 Å². The number of piperidine rings is 1. The van der Waals surface area contributed by atoms with E-state index in [0.29, 0.717) is 44.6 Å². The van der Waals surface area contributed by atoms with Gasteiger partial charge in [0.05, 0.1) is 10.7 Å². The van der Waals surface area contributed by atoms with Crippen molar-refractivity contribution in [2.75, 3.05) is 24.5 Å². The minimum Gasteiger partial charge on any atom is -0.481 e. The van der Waals surface area contributed by atoms with Crippen molar-refractivity contribution in [3.8, 4) is 5.75 Å². The molecule has 2 heterocycles. The van der Waals surface area contributed by atoms with E-state index in [2.05, 4.69) is 0 Å². The number of hydrogen-bond acceptors (Lipinski definition) is 4. The SMILES string of the molecule is CC(Oc1ccc(N2CCC3(CCN(S(=O)(=O)C4CC4)CC3)C2=O)cc1)C(F)(F)F. The molecule has 0 aromatic heterocycles. The highest BCUT2D eigenvalue weighted by molar-refractivity contribution is 7.90. The largest absolute Gasteiger partial charge is 0.481 e. The molecule has 4 rings (SSSR count). The molecule has 1 unspecified atom stereocenters. The number of nitrogens with zero attached hydrogens (tertiary/aromatic N) is 2. The molecule has 0 N–H and O–H groups in total. The predicted octanol–water partition coefficient (Wildman–Crippen LogP) is 3.33. The maximum Gasteiger partial charge on any atom is 0.425 e. The lowest BCUT2D eigenvalue weighted by molar-refractivity contribution is -0.189. The van der Waals surface area contributed by atoms with E-state index in [1.165, 1.54) is 16.4 Å². The maximum absolute atomic E-state index is 13.2. The van der Waals surface area contributed by atoms with Crippen LogP contribution in [-0.2, 0) is 14.8 Å². The number of carbonyl (C=O) groups is 1. The van der Waals surface area contributed by atoms with E-state index >= 15 is 0 Å². The second kappa shape index (κ2) is 7.40. The summed E-state index contributed by atoms with van der Waals surface area (Å²) in [6.45, 7) is 2.17. The zero-order valence-corrected chi connectivity index (χ0v) is 17.5. The van der Waals surface area contributed by atoms with E-state index in [1.807, 2.05) is 0 Å². The summed E-state index contributed by atoms with van der Waals surface area (Å²) < 4.78 is 69.2. The molecule has 1 aliphatic carbocycles. The van der Waals surface area contributed by atoms with Crippen molar-refractivity contribution in [2.24, 2.45) is 5.41 Å². The van der Waals surface area contributed by atoms with E-state index in [9.17, 15) is 26.4 Å². The minimum absolute atomic E-state index is 0.0386. The number of halogens is 3. The van der Waals surface area contributed by atoms with E-state index in [1.54, 1.807) is 17.0 Å². The van der Waals surface area contributed by atoms with Crippen molar-refractivity contribution in [3.05, 3.63) is 24.3 Å². The third-order valence-electron chi connectivity index (χ3n) is 6.42. The van der Waals surface area contributed by atoms with E-state index in [4.69, 9.17) is 4.74 Å². The first-order chi connectivity index (χ1) is 14.0. The first kappa shape index (κ1) is 21.4. The quantitative estimate of drug-likeness (QED) is 0.696. The van der Waals surface area contributed by atoms with Gasteiger partial charge in [-0.3, -0.25) is 4.79 Å². The molecule has 30 heavy (non-hydrogen) atoms. The van der Waals surface area contributed by atoms with E-state index in [0.717, 1.165) is 19.8 Å². The summed E-state index contributed by atoms with van der Waals surface area (Å²) in [4.78, 5) is 14.8. The Hall–Kier alpha value is -1.81. The molecule has 1 aromatic carbocycles. The molecular weight excluding hydrogens is 421 g/mol. The Labute approximate surface area is 174 Å². The number of ether oxygens (including phenoxy) is 1. The fourth-order valence-corrected chi connectivity index (χ4v) is 6.10. The van der Waals surface area contributed by atoms with Gasteiger partial charge < -0.3 is 9.64 Å². The standard InChI is InChI=1S/C20H25F3N2O4S/c1-14(20(21,22)23)29-16-4-2-15(3-5-16)25-13-10-19(18(25)26)8-11-24(12-9-19)30(27,28)17-6-7-17/h2-5,14,17H,6-13H2,1H3. The lowest BCUT2D eigenvalue weighted by Gasteiger charge is -2.37. The first-order valence-corrected chi connectivity index (χ1v) is 11.7. The van der Waals surface area contributed by atoms with Crippen LogP contribution in [0.5, 0.6) is 5.75 Å². The lowest BCUT2D eigenvalue weighted by atomic mass is 9.77. The van der Waals surface area contributed by atoms with Gasteiger partial charge in [0.1, 0.15) is 5.75 Å². The highest BCUT2D eigenvalue weighted by Crippen LogP contribution is 2.45. The molecule has 6 nitrogen and oxygen atoms in total. The van der Waals surface area contributed by atoms with Gasteiger partial charge >= 0.3 is 6.18 Å². The number of benzene rings is 1. The van der Waals surface area contributed by atoms with Gasteiger partial charge in [0, 0.05) is 25.3 Å². The molecule has 166 valence electrons. The van der Waals surface area contributed by atoms with Crippen LogP contribution in [0.25, 0.3) is 0 Å². The summed E-state index contributed by atoms with van der Waals surface area (Å²) in [6, 6.07) is 6.03.